The number of nitrogens with zero attached hydrogens (tertiary/aromatic N) is 2. The second-order valence-corrected chi connectivity index (χ2v) is 10.2. The quantitative estimate of drug-likeness (QED) is 0.295. The smallest absolute Gasteiger partial charge is 0.478 e. The van der Waals surface area contributed by atoms with E-state index >= 15 is 0 Å². The standard InChI is InChI=1S/C25H18ClF3N2O5S/c1-15-13-20-21(26)3-2-4-22(20)30-23(15)31(14-16-5-9-18(10-6-16)36-25(27,28)29)37(34,35)19-11-7-17(8-12-19)24(32)33/h2-13H,14H2,1H3,(H,32,33). The molecule has 4 rings (SSSR count). The van der Waals surface area contributed by atoms with Crippen molar-refractivity contribution in [1.29, 1.82) is 0 Å². The molecule has 1 N–H and O–H groups in total. The molecule has 0 aliphatic carbocycles. The molecule has 0 bridgehead atoms. The van der Waals surface area contributed by atoms with Crippen LogP contribution in [0, 0.1) is 6.92 Å². The van der Waals surface area contributed by atoms with Gasteiger partial charge in [-0.1, -0.05) is 29.8 Å². The van der Waals surface area contributed by atoms with Crippen molar-refractivity contribution in [2.24, 2.45) is 0 Å². The van der Waals surface area contributed by atoms with Gasteiger partial charge in [0.1, 0.15) is 11.6 Å². The molecule has 1 aromatic heterocycles. The minimum atomic E-state index is -4.87. The minimum absolute atomic E-state index is 0.0766. The van der Waals surface area contributed by atoms with Crippen LogP contribution < -0.4 is 9.04 Å². The molecule has 1 heterocycles. The lowest BCUT2D eigenvalue weighted by Crippen LogP contribution is -2.32. The number of aromatic nitrogens is 1. The van der Waals surface area contributed by atoms with Crippen LogP contribution in [-0.2, 0) is 16.6 Å². The zero-order chi connectivity index (χ0) is 27.0. The number of fused-ring (bicyclic) bond motifs is 1. The van der Waals surface area contributed by atoms with E-state index in [1.165, 1.54) is 24.3 Å². The number of benzene rings is 3. The first-order valence-electron chi connectivity index (χ1n) is 10.6. The number of hydrogen-bond acceptors (Lipinski definition) is 5. The summed E-state index contributed by atoms with van der Waals surface area (Å²) in [6.07, 6.45) is -4.87. The third-order valence-electron chi connectivity index (χ3n) is 5.38. The highest BCUT2D eigenvalue weighted by Gasteiger charge is 2.31. The third kappa shape index (κ3) is 5.78. The summed E-state index contributed by atoms with van der Waals surface area (Å²) < 4.78 is 70.0. The highest BCUT2D eigenvalue weighted by molar-refractivity contribution is 7.92. The molecule has 12 heteroatoms. The molecule has 0 aliphatic heterocycles. The molecular weight excluding hydrogens is 533 g/mol. The van der Waals surface area contributed by atoms with E-state index in [-0.39, 0.29) is 22.8 Å². The summed E-state index contributed by atoms with van der Waals surface area (Å²) in [6, 6.07) is 16.1. The van der Waals surface area contributed by atoms with Crippen LogP contribution in [0.2, 0.25) is 5.02 Å². The lowest BCUT2D eigenvalue weighted by Gasteiger charge is -2.26. The maximum atomic E-state index is 13.8. The first-order valence-corrected chi connectivity index (χ1v) is 12.4. The fourth-order valence-electron chi connectivity index (χ4n) is 3.63. The molecule has 3 aromatic carbocycles. The summed E-state index contributed by atoms with van der Waals surface area (Å²) >= 11 is 6.27. The predicted molar refractivity (Wildman–Crippen MR) is 131 cm³/mol. The van der Waals surface area contributed by atoms with Crippen molar-refractivity contribution in [1.82, 2.24) is 4.98 Å². The zero-order valence-corrected chi connectivity index (χ0v) is 20.6. The van der Waals surface area contributed by atoms with Crippen molar-refractivity contribution < 1.29 is 36.2 Å². The van der Waals surface area contributed by atoms with E-state index in [4.69, 9.17) is 16.7 Å². The number of pyridine rings is 1. The molecule has 0 amide bonds. The highest BCUT2D eigenvalue weighted by atomic mass is 35.5. The molecular formula is C25H18ClF3N2O5S. The van der Waals surface area contributed by atoms with Gasteiger partial charge in [-0.05, 0) is 72.6 Å². The Balaban J connectivity index is 1.81. The van der Waals surface area contributed by atoms with Gasteiger partial charge in [0, 0.05) is 10.4 Å². The SMILES string of the molecule is Cc1cc2c(Cl)cccc2nc1N(Cc1ccc(OC(F)(F)F)cc1)S(=O)(=O)c1ccc(C(=O)O)cc1. The number of ether oxygens (including phenoxy) is 1. The molecule has 37 heavy (non-hydrogen) atoms. The Labute approximate surface area is 214 Å². The number of rotatable bonds is 7. The van der Waals surface area contributed by atoms with Crippen molar-refractivity contribution in [3.8, 4) is 5.75 Å². The molecule has 0 atom stereocenters. The Morgan fingerprint density at radius 2 is 1.70 bits per heavy atom. The normalized spacial score (nSPS) is 11.9. The first kappa shape index (κ1) is 26.2. The number of alkyl halides is 3. The Kier molecular flexibility index (Phi) is 7.03. The van der Waals surface area contributed by atoms with E-state index in [0.29, 0.717) is 27.1 Å². The molecule has 0 unspecified atom stereocenters. The Bertz CT molecular complexity index is 1580. The van der Waals surface area contributed by atoms with Crippen LogP contribution in [0.15, 0.2) is 77.7 Å². The molecule has 0 aliphatic rings. The summed E-state index contributed by atoms with van der Waals surface area (Å²) in [6.45, 7) is 1.37. The number of hydrogen-bond donors (Lipinski definition) is 1. The van der Waals surface area contributed by atoms with Crippen LogP contribution in [0.5, 0.6) is 5.75 Å². The fraction of sp³-hybridized carbons (Fsp3) is 0.120. The van der Waals surface area contributed by atoms with Gasteiger partial charge < -0.3 is 9.84 Å². The number of carboxylic acids is 1. The van der Waals surface area contributed by atoms with Gasteiger partial charge in [-0.25, -0.2) is 22.5 Å². The van der Waals surface area contributed by atoms with Gasteiger partial charge >= 0.3 is 12.3 Å². The molecule has 7 nitrogen and oxygen atoms in total. The Morgan fingerprint density at radius 1 is 1.05 bits per heavy atom. The number of aromatic carboxylic acids is 1. The second kappa shape index (κ2) is 9.91. The van der Waals surface area contributed by atoms with Crippen molar-refractivity contribution in [3.05, 3.63) is 94.5 Å². The third-order valence-corrected chi connectivity index (χ3v) is 7.46. The van der Waals surface area contributed by atoms with Gasteiger partial charge in [0.25, 0.3) is 10.0 Å². The van der Waals surface area contributed by atoms with E-state index in [0.717, 1.165) is 28.6 Å². The number of carboxylic acid groups (broad SMARTS) is 1. The first-order chi connectivity index (χ1) is 17.3. The molecule has 0 fully saturated rings. The van der Waals surface area contributed by atoms with Crippen molar-refractivity contribution in [2.75, 3.05) is 4.31 Å². The molecule has 0 saturated heterocycles. The van der Waals surface area contributed by atoms with E-state index in [1.54, 1.807) is 31.2 Å². The fourth-order valence-corrected chi connectivity index (χ4v) is 5.32. The number of carbonyl (C=O) groups is 1. The highest BCUT2D eigenvalue weighted by Crippen LogP contribution is 2.32. The average molecular weight is 551 g/mol. The summed E-state index contributed by atoms with van der Waals surface area (Å²) in [4.78, 5) is 15.5. The van der Waals surface area contributed by atoms with Gasteiger partial charge in [-0.3, -0.25) is 0 Å². The van der Waals surface area contributed by atoms with E-state index in [9.17, 15) is 26.4 Å². The lowest BCUT2D eigenvalue weighted by atomic mass is 10.1. The number of aryl methyl sites for hydroxylation is 1. The van der Waals surface area contributed by atoms with Crippen LogP contribution in [-0.4, -0.2) is 30.8 Å². The minimum Gasteiger partial charge on any atom is -0.478 e. The Morgan fingerprint density at radius 3 is 2.30 bits per heavy atom. The molecule has 4 aromatic rings. The maximum absolute atomic E-state index is 13.8. The van der Waals surface area contributed by atoms with E-state index < -0.39 is 28.1 Å². The molecule has 0 saturated carbocycles. The van der Waals surface area contributed by atoms with Gasteiger partial charge in [0.15, 0.2) is 0 Å². The average Bonchev–Trinajstić information content (AvgIpc) is 2.83. The number of halogens is 4. The number of sulfonamides is 1. The van der Waals surface area contributed by atoms with Crippen molar-refractivity contribution in [3.63, 3.8) is 0 Å². The monoisotopic (exact) mass is 550 g/mol. The summed E-state index contributed by atoms with van der Waals surface area (Å²) in [5.74, 6) is -1.59. The Hall–Kier alpha value is -3.83. The summed E-state index contributed by atoms with van der Waals surface area (Å²) in [7, 11) is -4.30. The van der Waals surface area contributed by atoms with Crippen LogP contribution in [0.3, 0.4) is 0 Å². The molecule has 192 valence electrons. The lowest BCUT2D eigenvalue weighted by molar-refractivity contribution is -0.274. The second-order valence-electron chi connectivity index (χ2n) is 7.97. The predicted octanol–water partition coefficient (Wildman–Crippen LogP) is 6.19. The van der Waals surface area contributed by atoms with Crippen LogP contribution in [0.25, 0.3) is 10.9 Å². The van der Waals surface area contributed by atoms with Gasteiger partial charge in [-0.2, -0.15) is 0 Å². The molecule has 0 radical (unpaired) electrons. The topological polar surface area (TPSA) is 96.8 Å². The van der Waals surface area contributed by atoms with Crippen molar-refractivity contribution in [2.45, 2.75) is 24.7 Å². The van der Waals surface area contributed by atoms with Crippen LogP contribution in [0.1, 0.15) is 21.5 Å². The number of anilines is 1. The maximum Gasteiger partial charge on any atom is 0.573 e. The van der Waals surface area contributed by atoms with Gasteiger partial charge in [0.2, 0.25) is 0 Å². The van der Waals surface area contributed by atoms with Crippen LogP contribution >= 0.6 is 11.6 Å². The van der Waals surface area contributed by atoms with E-state index in [2.05, 4.69) is 9.72 Å². The van der Waals surface area contributed by atoms with E-state index in [1.807, 2.05) is 0 Å². The van der Waals surface area contributed by atoms with Gasteiger partial charge in [0.05, 0.1) is 22.5 Å². The van der Waals surface area contributed by atoms with Crippen molar-refractivity contribution >= 4 is 44.3 Å². The zero-order valence-electron chi connectivity index (χ0n) is 19.0. The van der Waals surface area contributed by atoms with Crippen LogP contribution in [0.4, 0.5) is 19.0 Å². The summed E-state index contributed by atoms with van der Waals surface area (Å²) in [5, 5.41) is 10.2. The van der Waals surface area contributed by atoms with Gasteiger partial charge in [-0.15, -0.1) is 13.2 Å². The summed E-state index contributed by atoms with van der Waals surface area (Å²) in [5.41, 5.74) is 1.17. The largest absolute Gasteiger partial charge is 0.573 e. The molecule has 0 spiro atoms.